The molecule has 4 heterocycles. The first-order valence-electron chi connectivity index (χ1n) is 11.6. The molecule has 1 fully saturated rings. The zero-order valence-electron chi connectivity index (χ0n) is 18.4. The molecule has 2 aromatic carbocycles. The van der Waals surface area contributed by atoms with Gasteiger partial charge in [-0.3, -0.25) is 19.3 Å². The largest absolute Gasteiger partial charge is 0.379 e. The summed E-state index contributed by atoms with van der Waals surface area (Å²) in [6, 6.07) is 6.91. The molecule has 170 valence electrons. The normalized spacial score (nSPS) is 17.1. The van der Waals surface area contributed by atoms with Crippen LogP contribution in [0.15, 0.2) is 41.5 Å². The number of hydrogen-bond acceptors (Lipinski definition) is 5. The molecule has 2 N–H and O–H groups in total. The highest BCUT2D eigenvalue weighted by molar-refractivity contribution is 6.40. The average molecular weight is 454 g/mol. The van der Waals surface area contributed by atoms with Gasteiger partial charge in [0.2, 0.25) is 0 Å². The molecule has 8 heteroatoms. The van der Waals surface area contributed by atoms with Gasteiger partial charge in [-0.05, 0) is 18.2 Å². The van der Waals surface area contributed by atoms with Gasteiger partial charge in [0, 0.05) is 77.3 Å². The lowest BCUT2D eigenvalue weighted by Gasteiger charge is -2.27. The summed E-state index contributed by atoms with van der Waals surface area (Å²) in [7, 11) is 0. The third-order valence-electron chi connectivity index (χ3n) is 7.29. The first-order valence-corrected chi connectivity index (χ1v) is 11.6. The molecule has 0 radical (unpaired) electrons. The van der Waals surface area contributed by atoms with Crippen LogP contribution in [0.4, 0.5) is 0 Å². The molecule has 7 rings (SSSR count). The Kier molecular flexibility index (Phi) is 4.13. The number of carbonyl (C=O) groups excluding carboxylic acids is 2. The van der Waals surface area contributed by atoms with E-state index < -0.39 is 0 Å². The summed E-state index contributed by atoms with van der Waals surface area (Å²) in [5.74, 6) is -0.294. The van der Waals surface area contributed by atoms with Gasteiger partial charge in [-0.1, -0.05) is 0 Å². The summed E-state index contributed by atoms with van der Waals surface area (Å²) in [6.07, 6.45) is 3.58. The fraction of sp³-hybridized carbons (Fsp3) is 0.269. The van der Waals surface area contributed by atoms with Crippen molar-refractivity contribution in [3.63, 3.8) is 0 Å². The minimum Gasteiger partial charge on any atom is -0.379 e. The van der Waals surface area contributed by atoms with E-state index in [-0.39, 0.29) is 23.4 Å². The van der Waals surface area contributed by atoms with Gasteiger partial charge in [0.15, 0.2) is 17.0 Å². The second-order valence-corrected chi connectivity index (χ2v) is 9.13. The standard InChI is InChI=1S/C26H22N4O4/c31-14-1-2-16-18(11-14)30(6-5-29-7-9-34-10-8-29)26-22(16)24-20(33)12-19(32)23(24)21-15-3-4-27-13-17(15)28-25(21)26/h1-4,11,13,27-28H,5-10,12H2. The zero-order chi connectivity index (χ0) is 23.0. The number of Topliss-reactive ketones (excluding diaryl/α,β-unsaturated/α-hetero) is 2. The molecule has 0 amide bonds. The zero-order valence-corrected chi connectivity index (χ0v) is 18.4. The number of nitrogens with one attached hydrogen (secondary N) is 2. The minimum atomic E-state index is -0.151. The highest BCUT2D eigenvalue weighted by atomic mass is 16.5. The summed E-state index contributed by atoms with van der Waals surface area (Å²) in [4.78, 5) is 47.6. The second kappa shape index (κ2) is 7.12. The van der Waals surface area contributed by atoms with E-state index in [2.05, 4.69) is 19.4 Å². The van der Waals surface area contributed by atoms with E-state index in [1.54, 1.807) is 12.1 Å². The topological polar surface area (TPSA) is 100 Å². The third-order valence-corrected chi connectivity index (χ3v) is 7.29. The molecule has 5 aromatic rings. The van der Waals surface area contributed by atoms with Crippen LogP contribution in [0.5, 0.6) is 0 Å². The van der Waals surface area contributed by atoms with E-state index >= 15 is 0 Å². The van der Waals surface area contributed by atoms with Crippen LogP contribution in [0.25, 0.3) is 43.6 Å². The van der Waals surface area contributed by atoms with Gasteiger partial charge in [0.05, 0.1) is 41.7 Å². The van der Waals surface area contributed by atoms with Crippen LogP contribution in [0, 0.1) is 0 Å². The lowest BCUT2D eigenvalue weighted by Crippen LogP contribution is -2.38. The average Bonchev–Trinajstić information content (AvgIpc) is 3.47. The number of fused-ring (bicyclic) bond motifs is 10. The fourth-order valence-electron chi connectivity index (χ4n) is 5.79. The number of rotatable bonds is 3. The Morgan fingerprint density at radius 3 is 2.53 bits per heavy atom. The smallest absolute Gasteiger partial charge is 0.180 e. The first-order chi connectivity index (χ1) is 16.6. The van der Waals surface area contributed by atoms with Crippen LogP contribution >= 0.6 is 0 Å². The van der Waals surface area contributed by atoms with E-state index in [0.29, 0.717) is 30.9 Å². The Balaban J connectivity index is 1.63. The number of carbonyl (C=O) groups is 2. The van der Waals surface area contributed by atoms with Crippen LogP contribution in [0.2, 0.25) is 0 Å². The van der Waals surface area contributed by atoms with E-state index in [0.717, 1.165) is 63.2 Å². The van der Waals surface area contributed by atoms with Crippen molar-refractivity contribution >= 4 is 55.2 Å². The number of morpholine rings is 1. The monoisotopic (exact) mass is 454 g/mol. The van der Waals surface area contributed by atoms with E-state index in [9.17, 15) is 14.4 Å². The molecule has 34 heavy (non-hydrogen) atoms. The van der Waals surface area contributed by atoms with Crippen molar-refractivity contribution in [2.24, 2.45) is 0 Å². The molecule has 3 aromatic heterocycles. The number of nitrogens with zero attached hydrogens (tertiary/aromatic N) is 2. The molecule has 0 bridgehead atoms. The Labute approximate surface area is 193 Å². The van der Waals surface area contributed by atoms with Gasteiger partial charge in [0.25, 0.3) is 0 Å². The Hall–Kier alpha value is -3.75. The summed E-state index contributed by atoms with van der Waals surface area (Å²) in [5, 5.41) is 3.30. The van der Waals surface area contributed by atoms with Crippen LogP contribution in [-0.4, -0.2) is 63.8 Å². The molecular weight excluding hydrogens is 432 g/mol. The second-order valence-electron chi connectivity index (χ2n) is 9.13. The molecule has 1 saturated heterocycles. The van der Waals surface area contributed by atoms with E-state index in [4.69, 9.17) is 4.74 Å². The molecule has 0 atom stereocenters. The predicted molar refractivity (Wildman–Crippen MR) is 130 cm³/mol. The number of ether oxygens (including phenoxy) is 1. The number of hydrogen-bond donors (Lipinski definition) is 2. The summed E-state index contributed by atoms with van der Waals surface area (Å²) < 4.78 is 7.64. The van der Waals surface area contributed by atoms with Crippen molar-refractivity contribution in [1.82, 2.24) is 19.4 Å². The van der Waals surface area contributed by atoms with Crippen molar-refractivity contribution < 1.29 is 14.3 Å². The predicted octanol–water partition coefficient (Wildman–Crippen LogP) is 3.22. The van der Waals surface area contributed by atoms with Crippen LogP contribution in [0.1, 0.15) is 27.1 Å². The van der Waals surface area contributed by atoms with Gasteiger partial charge < -0.3 is 19.3 Å². The van der Waals surface area contributed by atoms with Crippen LogP contribution in [0.3, 0.4) is 0 Å². The number of ketones is 2. The lowest BCUT2D eigenvalue weighted by atomic mass is 9.97. The Morgan fingerprint density at radius 2 is 1.71 bits per heavy atom. The van der Waals surface area contributed by atoms with Crippen LogP contribution < -0.4 is 5.43 Å². The SMILES string of the molecule is O=C1CC(=O)c2c1c1c3cc[nH]cc3[nH]c1c1c2c2ccc(=O)cc2n1CCN1CCOCC1. The maximum Gasteiger partial charge on any atom is 0.180 e. The highest BCUT2D eigenvalue weighted by Crippen LogP contribution is 2.44. The molecular formula is C26H22N4O4. The Morgan fingerprint density at radius 1 is 0.912 bits per heavy atom. The van der Waals surface area contributed by atoms with Gasteiger partial charge in [-0.25, -0.2) is 0 Å². The molecule has 0 saturated carbocycles. The van der Waals surface area contributed by atoms with E-state index in [1.807, 2.05) is 18.5 Å². The van der Waals surface area contributed by atoms with Crippen molar-refractivity contribution in [1.29, 1.82) is 0 Å². The minimum absolute atomic E-state index is 0.0792. The van der Waals surface area contributed by atoms with Gasteiger partial charge >= 0.3 is 0 Å². The number of H-pyrrole nitrogens is 2. The molecule has 1 aliphatic carbocycles. The summed E-state index contributed by atoms with van der Waals surface area (Å²) in [5.41, 5.74) is 4.29. The number of aromatic nitrogens is 3. The van der Waals surface area contributed by atoms with Gasteiger partial charge in [-0.2, -0.15) is 0 Å². The highest BCUT2D eigenvalue weighted by Gasteiger charge is 2.35. The Bertz CT molecular complexity index is 1730. The lowest BCUT2D eigenvalue weighted by molar-refractivity contribution is 0.0366. The maximum absolute atomic E-state index is 13.2. The quantitative estimate of drug-likeness (QED) is 0.408. The number of benzene rings is 2. The van der Waals surface area contributed by atoms with Crippen molar-refractivity contribution in [3.05, 3.63) is 58.0 Å². The molecule has 0 unspecified atom stereocenters. The first kappa shape index (κ1) is 19.7. The number of aromatic amines is 2. The summed E-state index contributed by atoms with van der Waals surface area (Å²) in [6.45, 7) is 4.61. The van der Waals surface area contributed by atoms with Gasteiger partial charge in [0.1, 0.15) is 0 Å². The van der Waals surface area contributed by atoms with Crippen molar-refractivity contribution in [3.8, 4) is 0 Å². The molecule has 8 nitrogen and oxygen atoms in total. The molecule has 2 aliphatic rings. The van der Waals surface area contributed by atoms with E-state index in [1.165, 1.54) is 6.07 Å². The molecule has 0 spiro atoms. The molecule has 1 aliphatic heterocycles. The third kappa shape index (κ3) is 2.63. The van der Waals surface area contributed by atoms with Crippen molar-refractivity contribution in [2.75, 3.05) is 32.8 Å². The number of pyridine rings is 1. The fourth-order valence-corrected chi connectivity index (χ4v) is 5.79. The maximum atomic E-state index is 13.2. The summed E-state index contributed by atoms with van der Waals surface area (Å²) >= 11 is 0. The van der Waals surface area contributed by atoms with Crippen LogP contribution in [-0.2, 0) is 11.3 Å². The van der Waals surface area contributed by atoms with Gasteiger partial charge in [-0.15, -0.1) is 0 Å². The van der Waals surface area contributed by atoms with Crippen molar-refractivity contribution in [2.45, 2.75) is 13.0 Å².